The number of hydrogen-bond acceptors (Lipinski definition) is 5. The Morgan fingerprint density at radius 1 is 1.59 bits per heavy atom. The van der Waals surface area contributed by atoms with E-state index in [0.29, 0.717) is 17.9 Å². The highest BCUT2D eigenvalue weighted by Gasteiger charge is 2.21. The Morgan fingerprint density at radius 2 is 2.41 bits per heavy atom. The van der Waals surface area contributed by atoms with Crippen LogP contribution in [0.25, 0.3) is 0 Å². The average Bonchev–Trinajstić information content (AvgIpc) is 2.38. The predicted octanol–water partition coefficient (Wildman–Crippen LogP) is 0.137. The van der Waals surface area contributed by atoms with E-state index in [4.69, 9.17) is 10.9 Å². The van der Waals surface area contributed by atoms with E-state index in [1.54, 1.807) is 18.3 Å². The third kappa shape index (κ3) is 2.47. The van der Waals surface area contributed by atoms with E-state index in [1.165, 1.54) is 0 Å². The van der Waals surface area contributed by atoms with Gasteiger partial charge in [-0.2, -0.15) is 0 Å². The van der Waals surface area contributed by atoms with Gasteiger partial charge < -0.3 is 20.9 Å². The molecule has 1 aliphatic rings. The number of nitrogens with two attached hydrogens (primary N) is 1. The summed E-state index contributed by atoms with van der Waals surface area (Å²) in [7, 11) is 0. The summed E-state index contributed by atoms with van der Waals surface area (Å²) in [5.74, 6) is 0.690. The molecule has 1 saturated heterocycles. The monoisotopic (exact) mass is 236 g/mol. The van der Waals surface area contributed by atoms with Gasteiger partial charge in [0.15, 0.2) is 5.84 Å². The Labute approximate surface area is 99.4 Å². The second kappa shape index (κ2) is 5.01. The zero-order valence-electron chi connectivity index (χ0n) is 9.45. The normalized spacial score (nSPS) is 21.6. The van der Waals surface area contributed by atoms with Crippen LogP contribution >= 0.6 is 0 Å². The average molecular weight is 236 g/mol. The Morgan fingerprint density at radius 3 is 3.12 bits per heavy atom. The zero-order valence-corrected chi connectivity index (χ0v) is 9.45. The van der Waals surface area contributed by atoms with Crippen LogP contribution in [0.1, 0.15) is 18.4 Å². The summed E-state index contributed by atoms with van der Waals surface area (Å²) in [4.78, 5) is 6.21. The Bertz CT molecular complexity index is 422. The highest BCUT2D eigenvalue weighted by Crippen LogP contribution is 2.21. The van der Waals surface area contributed by atoms with Crippen LogP contribution in [0.2, 0.25) is 0 Å². The molecule has 2 rings (SSSR count). The Balaban J connectivity index is 2.31. The molecular formula is C11H16N4O2. The molecule has 0 aliphatic carbocycles. The van der Waals surface area contributed by atoms with Crippen LogP contribution < -0.4 is 10.6 Å². The smallest absolute Gasteiger partial charge is 0.173 e. The lowest BCUT2D eigenvalue weighted by Crippen LogP contribution is -2.39. The van der Waals surface area contributed by atoms with Gasteiger partial charge >= 0.3 is 0 Å². The van der Waals surface area contributed by atoms with Crippen molar-refractivity contribution in [2.75, 3.05) is 18.0 Å². The van der Waals surface area contributed by atoms with Crippen LogP contribution in [0.3, 0.4) is 0 Å². The summed E-state index contributed by atoms with van der Waals surface area (Å²) >= 11 is 0. The van der Waals surface area contributed by atoms with E-state index >= 15 is 0 Å². The van der Waals surface area contributed by atoms with Crippen molar-refractivity contribution < 1.29 is 10.3 Å². The van der Waals surface area contributed by atoms with Crippen LogP contribution in [-0.2, 0) is 0 Å². The number of anilines is 1. The van der Waals surface area contributed by atoms with Crippen molar-refractivity contribution in [1.29, 1.82) is 0 Å². The van der Waals surface area contributed by atoms with Gasteiger partial charge in [-0.25, -0.2) is 4.98 Å². The summed E-state index contributed by atoms with van der Waals surface area (Å²) in [5.41, 5.74) is 6.19. The molecule has 92 valence electrons. The van der Waals surface area contributed by atoms with Gasteiger partial charge in [0.05, 0.1) is 11.7 Å². The summed E-state index contributed by atoms with van der Waals surface area (Å²) in [5, 5.41) is 21.4. The molecule has 0 amide bonds. The van der Waals surface area contributed by atoms with Crippen LogP contribution in [0.15, 0.2) is 23.5 Å². The molecular weight excluding hydrogens is 220 g/mol. The minimum absolute atomic E-state index is 0.0353. The largest absolute Gasteiger partial charge is 0.409 e. The molecule has 1 fully saturated rings. The molecule has 1 atom stereocenters. The Kier molecular flexibility index (Phi) is 3.43. The van der Waals surface area contributed by atoms with Crippen LogP contribution in [0.5, 0.6) is 0 Å². The molecule has 6 heteroatoms. The molecule has 0 bridgehead atoms. The van der Waals surface area contributed by atoms with Gasteiger partial charge in [0.25, 0.3) is 0 Å². The van der Waals surface area contributed by atoms with Crippen LogP contribution in [-0.4, -0.2) is 40.3 Å². The van der Waals surface area contributed by atoms with Gasteiger partial charge in [0.2, 0.25) is 0 Å². The van der Waals surface area contributed by atoms with Crippen LogP contribution in [0.4, 0.5) is 5.82 Å². The molecule has 0 saturated carbocycles. The van der Waals surface area contributed by atoms with E-state index in [0.717, 1.165) is 19.4 Å². The second-order valence-electron chi connectivity index (χ2n) is 4.10. The predicted molar refractivity (Wildman–Crippen MR) is 64.2 cm³/mol. The molecule has 1 unspecified atom stereocenters. The lowest BCUT2D eigenvalue weighted by atomic mass is 10.1. The van der Waals surface area contributed by atoms with Crippen molar-refractivity contribution in [3.8, 4) is 0 Å². The van der Waals surface area contributed by atoms with Gasteiger partial charge in [0.1, 0.15) is 5.82 Å². The summed E-state index contributed by atoms with van der Waals surface area (Å²) in [6.07, 6.45) is 3.03. The molecule has 0 aromatic carbocycles. The van der Waals surface area contributed by atoms with Crippen molar-refractivity contribution >= 4 is 11.7 Å². The second-order valence-corrected chi connectivity index (χ2v) is 4.10. The first-order valence-corrected chi connectivity index (χ1v) is 5.58. The van der Waals surface area contributed by atoms with Crippen molar-refractivity contribution in [3.05, 3.63) is 23.9 Å². The van der Waals surface area contributed by atoms with Gasteiger partial charge in [-0.3, -0.25) is 0 Å². The number of amidine groups is 1. The number of rotatable bonds is 2. The maximum absolute atomic E-state index is 9.65. The van der Waals surface area contributed by atoms with Gasteiger partial charge in [0, 0.05) is 19.3 Å². The zero-order chi connectivity index (χ0) is 12.3. The Hall–Kier alpha value is -1.82. The highest BCUT2D eigenvalue weighted by molar-refractivity contribution is 6.01. The first kappa shape index (κ1) is 11.7. The van der Waals surface area contributed by atoms with Gasteiger partial charge in [-0.05, 0) is 25.0 Å². The van der Waals surface area contributed by atoms with Gasteiger partial charge in [-0.1, -0.05) is 5.16 Å². The fourth-order valence-corrected chi connectivity index (χ4v) is 2.05. The first-order chi connectivity index (χ1) is 8.22. The maximum Gasteiger partial charge on any atom is 0.173 e. The van der Waals surface area contributed by atoms with E-state index in [-0.39, 0.29) is 11.9 Å². The molecule has 2 heterocycles. The number of piperidine rings is 1. The van der Waals surface area contributed by atoms with E-state index in [1.807, 2.05) is 4.90 Å². The quantitative estimate of drug-likeness (QED) is 0.294. The molecule has 1 aromatic rings. The lowest BCUT2D eigenvalue weighted by Gasteiger charge is -2.32. The molecule has 17 heavy (non-hydrogen) atoms. The number of pyridine rings is 1. The minimum atomic E-state index is -0.342. The number of aliphatic hydroxyl groups excluding tert-OH is 1. The summed E-state index contributed by atoms with van der Waals surface area (Å²) < 4.78 is 0. The summed E-state index contributed by atoms with van der Waals surface area (Å²) in [6.45, 7) is 1.35. The van der Waals surface area contributed by atoms with E-state index in [9.17, 15) is 5.11 Å². The fraction of sp³-hybridized carbons (Fsp3) is 0.455. The van der Waals surface area contributed by atoms with Crippen molar-refractivity contribution in [2.24, 2.45) is 10.9 Å². The fourth-order valence-electron chi connectivity index (χ4n) is 2.05. The maximum atomic E-state index is 9.65. The number of β-amino-alcohol motifs (C(OH)–C–C–N with tert-alkyl or cyclic N) is 1. The topological polar surface area (TPSA) is 95.0 Å². The molecule has 6 nitrogen and oxygen atoms in total. The van der Waals surface area contributed by atoms with E-state index in [2.05, 4.69) is 10.1 Å². The lowest BCUT2D eigenvalue weighted by molar-refractivity contribution is 0.154. The molecule has 1 aromatic heterocycles. The van der Waals surface area contributed by atoms with Crippen molar-refractivity contribution in [3.63, 3.8) is 0 Å². The van der Waals surface area contributed by atoms with E-state index < -0.39 is 0 Å². The minimum Gasteiger partial charge on any atom is -0.409 e. The SMILES string of the molecule is NC(=NO)c1cccnc1N1CCCC(O)C1. The molecule has 1 aliphatic heterocycles. The van der Waals surface area contributed by atoms with Gasteiger partial charge in [-0.15, -0.1) is 0 Å². The highest BCUT2D eigenvalue weighted by atomic mass is 16.4. The third-order valence-electron chi connectivity index (χ3n) is 2.87. The molecule has 4 N–H and O–H groups in total. The first-order valence-electron chi connectivity index (χ1n) is 5.58. The third-order valence-corrected chi connectivity index (χ3v) is 2.87. The van der Waals surface area contributed by atoms with Crippen molar-refractivity contribution in [1.82, 2.24) is 4.98 Å². The van der Waals surface area contributed by atoms with Crippen molar-refractivity contribution in [2.45, 2.75) is 18.9 Å². The standard InChI is InChI=1S/C11H16N4O2/c12-10(14-17)9-4-1-5-13-11(9)15-6-2-3-8(16)7-15/h1,4-5,8,16-17H,2-3,6-7H2,(H2,12,14). The number of hydrogen-bond donors (Lipinski definition) is 3. The number of aromatic nitrogens is 1. The number of oxime groups is 1. The summed E-state index contributed by atoms with van der Waals surface area (Å²) in [6, 6.07) is 3.48. The molecule has 0 spiro atoms. The number of aliphatic hydroxyl groups is 1. The number of nitrogens with zero attached hydrogens (tertiary/aromatic N) is 3. The molecule has 0 radical (unpaired) electrons. The van der Waals surface area contributed by atoms with Crippen LogP contribution in [0, 0.1) is 0 Å².